The van der Waals surface area contributed by atoms with Gasteiger partial charge in [0.25, 0.3) is 0 Å². The highest BCUT2D eigenvalue weighted by Crippen LogP contribution is 2.53. The normalized spacial score (nSPS) is 31.3. The summed E-state index contributed by atoms with van der Waals surface area (Å²) in [5, 5.41) is -0.548. The van der Waals surface area contributed by atoms with Crippen LogP contribution in [0.15, 0.2) is 24.3 Å². The maximum atomic E-state index is 11.8. The second-order valence-corrected chi connectivity index (χ2v) is 7.35. The molecular formula is C13H19NO3S. The van der Waals surface area contributed by atoms with Crippen LogP contribution in [-0.4, -0.2) is 39.2 Å². The molecular weight excluding hydrogens is 250 g/mol. The van der Waals surface area contributed by atoms with Gasteiger partial charge in [-0.15, -0.1) is 0 Å². The zero-order valence-corrected chi connectivity index (χ0v) is 11.7. The van der Waals surface area contributed by atoms with Crippen molar-refractivity contribution in [1.29, 1.82) is 0 Å². The van der Waals surface area contributed by atoms with Crippen LogP contribution in [-0.2, 0) is 14.6 Å². The fraction of sp³-hybridized carbons (Fsp3) is 0.538. The molecule has 2 N–H and O–H groups in total. The highest BCUT2D eigenvalue weighted by atomic mass is 32.2. The molecule has 1 aromatic carbocycles. The van der Waals surface area contributed by atoms with Crippen LogP contribution in [0.2, 0.25) is 0 Å². The molecule has 5 heteroatoms. The third-order valence-electron chi connectivity index (χ3n) is 3.59. The molecule has 18 heavy (non-hydrogen) atoms. The lowest BCUT2D eigenvalue weighted by Crippen LogP contribution is -2.35. The summed E-state index contributed by atoms with van der Waals surface area (Å²) in [6, 6.07) is 7.84. The Morgan fingerprint density at radius 1 is 1.33 bits per heavy atom. The average molecular weight is 269 g/mol. The Labute approximate surface area is 108 Å². The first-order valence-electron chi connectivity index (χ1n) is 5.84. The van der Waals surface area contributed by atoms with E-state index in [1.807, 2.05) is 31.2 Å². The van der Waals surface area contributed by atoms with E-state index in [1.165, 1.54) is 6.26 Å². The Bertz CT molecular complexity index is 538. The lowest BCUT2D eigenvalue weighted by atomic mass is 10.1. The fourth-order valence-electron chi connectivity index (χ4n) is 2.75. The van der Waals surface area contributed by atoms with Gasteiger partial charge in [0.05, 0.1) is 17.4 Å². The summed E-state index contributed by atoms with van der Waals surface area (Å²) < 4.78 is 28.7. The molecule has 1 aromatic rings. The molecule has 0 unspecified atom stereocenters. The highest BCUT2D eigenvalue weighted by Gasteiger charge is 2.67. The second kappa shape index (κ2) is 4.33. The van der Waals surface area contributed by atoms with E-state index in [4.69, 9.17) is 10.5 Å². The third kappa shape index (κ3) is 2.18. The summed E-state index contributed by atoms with van der Waals surface area (Å²) >= 11 is 0. The molecule has 4 nitrogen and oxygen atoms in total. The van der Waals surface area contributed by atoms with E-state index in [0.29, 0.717) is 0 Å². The van der Waals surface area contributed by atoms with Crippen LogP contribution in [0.3, 0.4) is 0 Å². The number of hydrogen-bond acceptors (Lipinski definition) is 4. The fourth-order valence-corrected chi connectivity index (χ4v) is 4.59. The van der Waals surface area contributed by atoms with E-state index in [9.17, 15) is 8.42 Å². The Kier molecular flexibility index (Phi) is 3.25. The largest absolute Gasteiger partial charge is 0.383 e. The minimum atomic E-state index is -3.17. The van der Waals surface area contributed by atoms with Gasteiger partial charge in [-0.25, -0.2) is 8.42 Å². The molecule has 0 aromatic heterocycles. The predicted molar refractivity (Wildman–Crippen MR) is 71.3 cm³/mol. The van der Waals surface area contributed by atoms with Crippen molar-refractivity contribution in [2.45, 2.75) is 23.6 Å². The SMILES string of the molecule is COC[C@]1(N)[C@H](c2ccc(C)cc2)[C@@H]1S(C)(=O)=O. The molecule has 0 aliphatic heterocycles. The van der Waals surface area contributed by atoms with Crippen LogP contribution >= 0.6 is 0 Å². The summed E-state index contributed by atoms with van der Waals surface area (Å²) in [6.45, 7) is 2.25. The van der Waals surface area contributed by atoms with Crippen molar-refractivity contribution in [2.24, 2.45) is 5.73 Å². The topological polar surface area (TPSA) is 69.4 Å². The summed E-state index contributed by atoms with van der Waals surface area (Å²) in [7, 11) is -1.63. The number of benzene rings is 1. The van der Waals surface area contributed by atoms with Gasteiger partial charge in [0.2, 0.25) is 0 Å². The van der Waals surface area contributed by atoms with Gasteiger partial charge in [-0.2, -0.15) is 0 Å². The molecule has 0 amide bonds. The number of nitrogens with two attached hydrogens (primary N) is 1. The predicted octanol–water partition coefficient (Wildman–Crippen LogP) is 0.849. The zero-order chi connectivity index (χ0) is 13.6. The van der Waals surface area contributed by atoms with Crippen LogP contribution in [0.4, 0.5) is 0 Å². The van der Waals surface area contributed by atoms with Crippen molar-refractivity contribution < 1.29 is 13.2 Å². The molecule has 2 rings (SSSR count). The van der Waals surface area contributed by atoms with Crippen LogP contribution in [0.25, 0.3) is 0 Å². The standard InChI is InChI=1S/C13H19NO3S/c1-9-4-6-10(7-5-9)11-12(18(3,15)16)13(11,14)8-17-2/h4-7,11-12H,8,14H2,1-3H3/t11-,12+,13+/m1/s1. The average Bonchev–Trinajstić information content (AvgIpc) is 2.86. The van der Waals surface area contributed by atoms with Crippen LogP contribution < -0.4 is 5.73 Å². The number of sulfone groups is 1. The van der Waals surface area contributed by atoms with Gasteiger partial charge in [0.15, 0.2) is 9.84 Å². The van der Waals surface area contributed by atoms with Gasteiger partial charge in [0, 0.05) is 19.3 Å². The summed E-state index contributed by atoms with van der Waals surface area (Å²) in [5.41, 5.74) is 7.51. The van der Waals surface area contributed by atoms with Crippen LogP contribution in [0, 0.1) is 6.92 Å². The van der Waals surface area contributed by atoms with Crippen molar-refractivity contribution in [1.82, 2.24) is 0 Å². The van der Waals surface area contributed by atoms with Gasteiger partial charge in [0.1, 0.15) is 0 Å². The molecule has 0 spiro atoms. The van der Waals surface area contributed by atoms with Crippen molar-refractivity contribution in [3.63, 3.8) is 0 Å². The molecule has 1 aliphatic rings. The number of hydrogen-bond donors (Lipinski definition) is 1. The number of ether oxygens (including phenoxy) is 1. The highest BCUT2D eigenvalue weighted by molar-refractivity contribution is 7.91. The Balaban J connectivity index is 2.35. The summed E-state index contributed by atoms with van der Waals surface area (Å²) in [6.07, 6.45) is 1.24. The number of rotatable bonds is 4. The lowest BCUT2D eigenvalue weighted by molar-refractivity contribution is 0.171. The first kappa shape index (κ1) is 13.5. The van der Waals surface area contributed by atoms with Crippen molar-refractivity contribution in [2.75, 3.05) is 20.0 Å². The molecule has 3 atom stereocenters. The van der Waals surface area contributed by atoms with Gasteiger partial charge in [-0.3, -0.25) is 0 Å². The minimum absolute atomic E-state index is 0.173. The second-order valence-electron chi connectivity index (χ2n) is 5.18. The third-order valence-corrected chi connectivity index (χ3v) is 5.23. The Hall–Kier alpha value is -0.910. The van der Waals surface area contributed by atoms with Crippen molar-refractivity contribution >= 4 is 9.84 Å². The maximum Gasteiger partial charge on any atom is 0.152 e. The van der Waals surface area contributed by atoms with E-state index in [1.54, 1.807) is 7.11 Å². The quantitative estimate of drug-likeness (QED) is 0.879. The maximum absolute atomic E-state index is 11.8. The van der Waals surface area contributed by atoms with E-state index in [0.717, 1.165) is 11.1 Å². The number of aryl methyl sites for hydroxylation is 1. The van der Waals surface area contributed by atoms with Crippen molar-refractivity contribution in [3.05, 3.63) is 35.4 Å². The van der Waals surface area contributed by atoms with Crippen LogP contribution in [0.5, 0.6) is 0 Å². The lowest BCUT2D eigenvalue weighted by Gasteiger charge is -2.10. The molecule has 0 saturated heterocycles. The molecule has 100 valence electrons. The first-order chi connectivity index (χ1) is 8.30. The smallest absolute Gasteiger partial charge is 0.152 e. The monoisotopic (exact) mass is 269 g/mol. The van der Waals surface area contributed by atoms with Crippen LogP contribution in [0.1, 0.15) is 17.0 Å². The number of methoxy groups -OCH3 is 1. The molecule has 0 heterocycles. The molecule has 1 aliphatic carbocycles. The summed E-state index contributed by atoms with van der Waals surface area (Å²) in [4.78, 5) is 0. The van der Waals surface area contributed by atoms with E-state index in [2.05, 4.69) is 0 Å². The zero-order valence-electron chi connectivity index (χ0n) is 10.9. The van der Waals surface area contributed by atoms with E-state index < -0.39 is 20.6 Å². The van der Waals surface area contributed by atoms with Gasteiger partial charge in [-0.05, 0) is 12.5 Å². The minimum Gasteiger partial charge on any atom is -0.383 e. The van der Waals surface area contributed by atoms with Gasteiger partial charge in [-0.1, -0.05) is 29.8 Å². The van der Waals surface area contributed by atoms with E-state index >= 15 is 0 Å². The van der Waals surface area contributed by atoms with E-state index in [-0.39, 0.29) is 12.5 Å². The van der Waals surface area contributed by atoms with Gasteiger partial charge >= 0.3 is 0 Å². The Morgan fingerprint density at radius 2 is 1.89 bits per heavy atom. The molecule has 0 bridgehead atoms. The molecule has 0 radical (unpaired) electrons. The molecule has 1 saturated carbocycles. The molecule has 1 fully saturated rings. The first-order valence-corrected chi connectivity index (χ1v) is 7.79. The van der Waals surface area contributed by atoms with Gasteiger partial charge < -0.3 is 10.5 Å². The van der Waals surface area contributed by atoms with Crippen molar-refractivity contribution in [3.8, 4) is 0 Å². The Morgan fingerprint density at radius 3 is 2.33 bits per heavy atom. The summed E-state index contributed by atoms with van der Waals surface area (Å²) in [5.74, 6) is -0.173.